The van der Waals surface area contributed by atoms with Crippen LogP contribution in [0.3, 0.4) is 0 Å². The number of nitrogens with one attached hydrogen (secondary N) is 2. The average molecular weight is 991 g/mol. The highest BCUT2D eigenvalue weighted by Gasteiger charge is 2.47. The van der Waals surface area contributed by atoms with E-state index in [2.05, 4.69) is 47.2 Å². The molecule has 2 bridgehead atoms. The van der Waals surface area contributed by atoms with Gasteiger partial charge in [0.15, 0.2) is 5.82 Å². The number of aromatic hydroxyl groups is 1. The third-order valence-corrected chi connectivity index (χ3v) is 17.8. The Bertz CT molecular complexity index is 3110. The SMILES string of the molecule is C#Cc1c(F)ccc2cc(O)cc(-c3ncc4c(N5CC6CC7CCC7CC(C5)N6)nc(OCC5(CN6CCN(C7CCN(c8ccc9c(c8)CN(C8CCC(=O)NC8=O)C9=O)CC7)CC6)CC5)nc4c3F)c12. The number of pyridine rings is 1. The van der Waals surface area contributed by atoms with Crippen molar-refractivity contribution in [3.05, 3.63) is 77.0 Å². The van der Waals surface area contributed by atoms with Gasteiger partial charge >= 0.3 is 6.01 Å². The Morgan fingerprint density at radius 2 is 1.63 bits per heavy atom. The summed E-state index contributed by atoms with van der Waals surface area (Å²) in [4.78, 5) is 63.5. The Morgan fingerprint density at radius 1 is 0.863 bits per heavy atom. The van der Waals surface area contributed by atoms with Gasteiger partial charge in [-0.25, -0.2) is 8.78 Å². The Labute approximate surface area is 422 Å². The van der Waals surface area contributed by atoms with E-state index in [9.17, 15) is 19.5 Å². The molecular weight excluding hydrogens is 931 g/mol. The van der Waals surface area contributed by atoms with Gasteiger partial charge in [0.05, 0.1) is 17.6 Å². The van der Waals surface area contributed by atoms with Gasteiger partial charge < -0.3 is 34.8 Å². The molecule has 2 saturated carbocycles. The predicted octanol–water partition coefficient (Wildman–Crippen LogP) is 5.98. The van der Waals surface area contributed by atoms with Gasteiger partial charge in [-0.05, 0) is 117 Å². The van der Waals surface area contributed by atoms with Crippen LogP contribution in [-0.4, -0.2) is 142 Å². The molecule has 8 heterocycles. The Kier molecular flexibility index (Phi) is 11.5. The van der Waals surface area contributed by atoms with Gasteiger partial charge in [-0.15, -0.1) is 6.42 Å². The number of hydrogen-bond donors (Lipinski definition) is 3. The first-order chi connectivity index (χ1) is 35.5. The minimum Gasteiger partial charge on any atom is -0.508 e. The number of piperazine rings is 2. The number of nitrogens with zero attached hydrogens (tertiary/aromatic N) is 8. The third kappa shape index (κ3) is 8.48. The first kappa shape index (κ1) is 46.3. The summed E-state index contributed by atoms with van der Waals surface area (Å²) >= 11 is 0. The quantitative estimate of drug-likeness (QED) is 0.111. The highest BCUT2D eigenvalue weighted by molar-refractivity contribution is 6.06. The number of benzene rings is 3. The number of carbonyl (C=O) groups excluding carboxylic acids is 3. The van der Waals surface area contributed by atoms with Gasteiger partial charge in [-0.1, -0.05) is 12.0 Å². The number of aromatic nitrogens is 3. The maximum atomic E-state index is 17.4. The lowest BCUT2D eigenvalue weighted by Gasteiger charge is -2.44. The Hall–Kier alpha value is -6.48. The summed E-state index contributed by atoms with van der Waals surface area (Å²) in [6.45, 7) is 8.86. The maximum absolute atomic E-state index is 17.4. The van der Waals surface area contributed by atoms with Crippen LogP contribution < -0.4 is 25.2 Å². The van der Waals surface area contributed by atoms with Crippen LogP contribution in [0.4, 0.5) is 20.3 Å². The van der Waals surface area contributed by atoms with Crippen molar-refractivity contribution in [2.45, 2.75) is 94.9 Å². The number of phenolic OH excluding ortho intramolecular Hbond substituents is 1. The van der Waals surface area contributed by atoms with Crippen molar-refractivity contribution in [3.63, 3.8) is 0 Å². The number of piperidine rings is 2. The third-order valence-electron chi connectivity index (χ3n) is 17.8. The van der Waals surface area contributed by atoms with E-state index >= 15 is 8.78 Å². The highest BCUT2D eigenvalue weighted by atomic mass is 19.1. The van der Waals surface area contributed by atoms with Crippen LogP contribution in [0.15, 0.2) is 48.7 Å². The standard InChI is InChI=1S/C56H60F2N10O5/c1-2-41-45(57)8-5-34-24-40(69)25-43(48(34)41)50-49(58)51-44(26-59-50)52(67-28-36-21-32-3-4-33(32)22-37(29-67)60-36)63-55(62-51)73-31-56(13-14-56)30-64-17-19-66(20-18-64)38-11-15-65(16-12-38)39-6-7-42-35(23-39)27-68(54(42)72)46-9-10-47(70)61-53(46)71/h1,5-8,23-26,32-33,36-38,46,60,69H,3-4,9-22,27-31H2,(H,61,70,71). The monoisotopic (exact) mass is 990 g/mol. The molecule has 8 aliphatic rings. The molecule has 0 radical (unpaired) electrons. The summed E-state index contributed by atoms with van der Waals surface area (Å²) in [6.07, 6.45) is 16.9. The number of carbonyl (C=O) groups is 3. The van der Waals surface area contributed by atoms with Gasteiger partial charge in [-0.2, -0.15) is 9.97 Å². The zero-order valence-corrected chi connectivity index (χ0v) is 40.9. The molecule has 0 spiro atoms. The summed E-state index contributed by atoms with van der Waals surface area (Å²) in [5, 5.41) is 18.3. The van der Waals surface area contributed by atoms with Gasteiger partial charge in [0, 0.05) is 124 Å². The first-order valence-electron chi connectivity index (χ1n) is 26.4. The van der Waals surface area contributed by atoms with Crippen molar-refractivity contribution < 1.29 is 33.0 Å². The van der Waals surface area contributed by atoms with E-state index < -0.39 is 23.6 Å². The zero-order valence-electron chi connectivity index (χ0n) is 40.9. The fourth-order valence-electron chi connectivity index (χ4n) is 13.5. The summed E-state index contributed by atoms with van der Waals surface area (Å²) in [6, 6.07) is 12.2. The normalized spacial score (nSPS) is 26.3. The zero-order chi connectivity index (χ0) is 49.7. The molecular formula is C56H60F2N10O5. The van der Waals surface area contributed by atoms with Crippen LogP contribution in [-0.2, 0) is 16.1 Å². The van der Waals surface area contributed by atoms with Gasteiger partial charge in [0.2, 0.25) is 11.8 Å². The number of imide groups is 1. The van der Waals surface area contributed by atoms with Gasteiger partial charge in [0.25, 0.3) is 5.91 Å². The minimum atomic E-state index is -0.721. The van der Waals surface area contributed by atoms with Crippen LogP contribution in [0, 0.1) is 41.2 Å². The molecule has 5 aromatic rings. The van der Waals surface area contributed by atoms with E-state index in [1.54, 1.807) is 11.1 Å². The molecule has 3 N–H and O–H groups in total. The van der Waals surface area contributed by atoms with Crippen molar-refractivity contribution >= 4 is 50.9 Å². The molecule has 17 heteroatoms. The van der Waals surface area contributed by atoms with E-state index in [1.165, 1.54) is 37.1 Å². The van der Waals surface area contributed by atoms with E-state index in [0.717, 1.165) is 121 Å². The fourth-order valence-corrected chi connectivity index (χ4v) is 13.5. The van der Waals surface area contributed by atoms with Crippen molar-refractivity contribution in [1.82, 2.24) is 40.3 Å². The molecule has 15 nitrogen and oxygen atoms in total. The molecule has 7 fully saturated rings. The molecule has 5 atom stereocenters. The van der Waals surface area contributed by atoms with E-state index in [-0.39, 0.29) is 75.2 Å². The minimum absolute atomic E-state index is 0.0347. The number of ether oxygens (including phenoxy) is 1. The first-order valence-corrected chi connectivity index (χ1v) is 26.4. The average Bonchev–Trinajstić information content (AvgIpc) is 4.10. The summed E-state index contributed by atoms with van der Waals surface area (Å²) in [5.74, 6) is 2.19. The number of phenols is 1. The molecule has 2 aromatic heterocycles. The van der Waals surface area contributed by atoms with Crippen molar-refractivity contribution in [3.8, 4) is 35.4 Å². The molecule has 3 aromatic carbocycles. The maximum Gasteiger partial charge on any atom is 0.319 e. The Morgan fingerprint density at radius 3 is 2.34 bits per heavy atom. The van der Waals surface area contributed by atoms with Crippen molar-refractivity contribution in [1.29, 1.82) is 0 Å². The number of rotatable bonds is 10. The molecule has 378 valence electrons. The summed E-state index contributed by atoms with van der Waals surface area (Å²) in [5.41, 5.74) is 2.69. The second-order valence-electron chi connectivity index (χ2n) is 22.3. The molecule has 5 saturated heterocycles. The van der Waals surface area contributed by atoms with Crippen LogP contribution in [0.25, 0.3) is 32.9 Å². The smallest absolute Gasteiger partial charge is 0.319 e. The lowest BCUT2D eigenvalue weighted by molar-refractivity contribution is -0.136. The number of anilines is 2. The predicted molar refractivity (Wildman–Crippen MR) is 271 cm³/mol. The molecule has 2 aliphatic carbocycles. The molecule has 13 rings (SSSR count). The van der Waals surface area contributed by atoms with E-state index in [1.807, 2.05) is 12.1 Å². The van der Waals surface area contributed by atoms with E-state index in [0.29, 0.717) is 47.8 Å². The van der Waals surface area contributed by atoms with Crippen molar-refractivity contribution in [2.75, 3.05) is 75.3 Å². The van der Waals surface area contributed by atoms with Gasteiger partial charge in [-0.3, -0.25) is 29.6 Å². The topological polar surface area (TPSA) is 160 Å². The number of amides is 3. The summed E-state index contributed by atoms with van der Waals surface area (Å²) < 4.78 is 39.1. The largest absolute Gasteiger partial charge is 0.508 e. The second-order valence-corrected chi connectivity index (χ2v) is 22.3. The number of hydrogen-bond acceptors (Lipinski definition) is 13. The Balaban J connectivity index is 0.682. The van der Waals surface area contributed by atoms with Gasteiger partial charge in [0.1, 0.15) is 34.6 Å². The molecule has 6 aliphatic heterocycles. The fraction of sp³-hybridized carbons (Fsp3) is 0.500. The van der Waals surface area contributed by atoms with E-state index in [4.69, 9.17) is 21.1 Å². The second kappa shape index (κ2) is 18.2. The van der Waals surface area contributed by atoms with Crippen molar-refractivity contribution in [2.24, 2.45) is 17.3 Å². The van der Waals surface area contributed by atoms with Crippen LogP contribution in [0.5, 0.6) is 11.8 Å². The lowest BCUT2D eigenvalue weighted by Crippen LogP contribution is -2.56. The summed E-state index contributed by atoms with van der Waals surface area (Å²) in [7, 11) is 0. The number of terminal acetylenes is 1. The van der Waals surface area contributed by atoms with Crippen LogP contribution in [0.1, 0.15) is 85.7 Å². The molecule has 73 heavy (non-hydrogen) atoms. The number of fused-ring (bicyclic) bond motifs is 6. The van der Waals surface area contributed by atoms with Crippen LogP contribution in [0.2, 0.25) is 0 Å². The highest BCUT2D eigenvalue weighted by Crippen LogP contribution is 2.48. The lowest BCUT2D eigenvalue weighted by atomic mass is 9.69. The number of halogens is 2. The van der Waals surface area contributed by atoms with Crippen LogP contribution >= 0.6 is 0 Å². The molecule has 5 unspecified atom stereocenters. The molecule has 3 amide bonds.